The molecule has 0 aliphatic carbocycles. The third kappa shape index (κ3) is 3.50. The van der Waals surface area contributed by atoms with Crippen LogP contribution in [0.2, 0.25) is 0 Å². The van der Waals surface area contributed by atoms with Crippen LogP contribution >= 0.6 is 0 Å². The Morgan fingerprint density at radius 2 is 1.33 bits per heavy atom. The summed E-state index contributed by atoms with van der Waals surface area (Å²) >= 11 is 0. The van der Waals surface area contributed by atoms with Crippen molar-refractivity contribution < 1.29 is 14.0 Å². The van der Waals surface area contributed by atoms with E-state index in [1.54, 1.807) is 14.2 Å². The second kappa shape index (κ2) is 6.81. The number of hydrogen-bond donors (Lipinski definition) is 0. The predicted octanol–water partition coefficient (Wildman–Crippen LogP) is 3.59. The van der Waals surface area contributed by atoms with Crippen molar-refractivity contribution in [1.82, 2.24) is 0 Å². The van der Waals surface area contributed by atoms with Crippen LogP contribution in [0.25, 0.3) is 0 Å². The normalized spacial score (nSPS) is 11.1. The van der Waals surface area contributed by atoms with E-state index in [0.717, 1.165) is 5.75 Å². The molecule has 1 rings (SSSR count). The molecule has 0 saturated heterocycles. The Bertz CT molecular complexity index is 347. The van der Waals surface area contributed by atoms with E-state index in [1.165, 1.54) is 11.1 Å². The Balaban J connectivity index is 3.18. The quantitative estimate of drug-likeness (QED) is 0.722. The Labute approximate surface area is 111 Å². The summed E-state index contributed by atoms with van der Waals surface area (Å²) in [6.45, 7) is 8.61. The third-order valence-corrected chi connectivity index (χ3v) is 2.92. The van der Waals surface area contributed by atoms with Gasteiger partial charge in [-0.3, -0.25) is 0 Å². The van der Waals surface area contributed by atoms with Crippen LogP contribution in [0.15, 0.2) is 18.2 Å². The van der Waals surface area contributed by atoms with E-state index in [2.05, 4.69) is 45.9 Å². The Hall–Kier alpha value is -0.995. The van der Waals surface area contributed by atoms with Crippen molar-refractivity contribution >= 4 is 7.32 Å². The molecule has 0 aromatic heterocycles. The van der Waals surface area contributed by atoms with Gasteiger partial charge in [-0.15, -0.1) is 0 Å². The highest BCUT2D eigenvalue weighted by atomic mass is 16.7. The van der Waals surface area contributed by atoms with Crippen molar-refractivity contribution in [2.45, 2.75) is 39.5 Å². The van der Waals surface area contributed by atoms with Gasteiger partial charge in [0.1, 0.15) is 5.75 Å². The van der Waals surface area contributed by atoms with E-state index in [9.17, 15) is 0 Å². The standard InChI is InChI=1S/C14H23BO3/c1-10(2)12-8-7-9-13(11(3)4)14(12)18-15(16-5)17-6/h7-11H,1-6H3. The average Bonchev–Trinajstić information content (AvgIpc) is 2.35. The molecule has 18 heavy (non-hydrogen) atoms. The molecule has 0 heterocycles. The molecule has 1 aromatic rings. The maximum atomic E-state index is 5.85. The van der Waals surface area contributed by atoms with Crippen LogP contribution in [0.3, 0.4) is 0 Å². The van der Waals surface area contributed by atoms with Crippen LogP contribution < -0.4 is 4.65 Å². The van der Waals surface area contributed by atoms with E-state index >= 15 is 0 Å². The molecule has 0 bridgehead atoms. The molecular weight excluding hydrogens is 227 g/mol. The zero-order valence-electron chi connectivity index (χ0n) is 12.2. The summed E-state index contributed by atoms with van der Waals surface area (Å²) in [5, 5.41) is 0. The molecule has 0 radical (unpaired) electrons. The van der Waals surface area contributed by atoms with Crippen LogP contribution in [0.5, 0.6) is 5.75 Å². The number of para-hydroxylation sites is 1. The van der Waals surface area contributed by atoms with Gasteiger partial charge in [0.15, 0.2) is 0 Å². The summed E-state index contributed by atoms with van der Waals surface area (Å²) in [5.74, 6) is 1.68. The van der Waals surface area contributed by atoms with Crippen molar-refractivity contribution in [3.05, 3.63) is 29.3 Å². The maximum Gasteiger partial charge on any atom is 0.712 e. The van der Waals surface area contributed by atoms with E-state index in [4.69, 9.17) is 14.0 Å². The fourth-order valence-electron chi connectivity index (χ4n) is 1.91. The smallest absolute Gasteiger partial charge is 0.511 e. The summed E-state index contributed by atoms with van der Waals surface area (Å²) in [6.07, 6.45) is 0. The van der Waals surface area contributed by atoms with Crippen LogP contribution in [0.4, 0.5) is 0 Å². The first-order valence-electron chi connectivity index (χ1n) is 6.36. The summed E-state index contributed by atoms with van der Waals surface area (Å²) in [4.78, 5) is 0. The zero-order chi connectivity index (χ0) is 13.7. The van der Waals surface area contributed by atoms with Crippen LogP contribution in [-0.4, -0.2) is 21.5 Å². The molecule has 0 amide bonds. The Kier molecular flexibility index (Phi) is 5.70. The minimum atomic E-state index is -0.664. The highest BCUT2D eigenvalue weighted by Crippen LogP contribution is 2.34. The lowest BCUT2D eigenvalue weighted by Crippen LogP contribution is -2.28. The fraction of sp³-hybridized carbons (Fsp3) is 0.571. The molecule has 100 valence electrons. The Morgan fingerprint density at radius 3 is 1.67 bits per heavy atom. The van der Waals surface area contributed by atoms with Crippen molar-refractivity contribution in [3.8, 4) is 5.75 Å². The monoisotopic (exact) mass is 250 g/mol. The van der Waals surface area contributed by atoms with Crippen LogP contribution in [0, 0.1) is 0 Å². The van der Waals surface area contributed by atoms with Gasteiger partial charge in [0.05, 0.1) is 0 Å². The van der Waals surface area contributed by atoms with Gasteiger partial charge in [0.25, 0.3) is 0 Å². The SMILES string of the molecule is COB(OC)Oc1c(C(C)C)cccc1C(C)C. The minimum Gasteiger partial charge on any atom is -0.511 e. The molecule has 1 aromatic carbocycles. The van der Waals surface area contributed by atoms with Gasteiger partial charge in [0, 0.05) is 14.2 Å². The Morgan fingerprint density at radius 1 is 0.889 bits per heavy atom. The van der Waals surface area contributed by atoms with Gasteiger partial charge < -0.3 is 14.0 Å². The van der Waals surface area contributed by atoms with Gasteiger partial charge in [-0.25, -0.2) is 0 Å². The predicted molar refractivity (Wildman–Crippen MR) is 75.0 cm³/mol. The van der Waals surface area contributed by atoms with Gasteiger partial charge in [-0.1, -0.05) is 45.9 Å². The molecule has 0 unspecified atom stereocenters. The van der Waals surface area contributed by atoms with Crippen molar-refractivity contribution in [3.63, 3.8) is 0 Å². The highest BCUT2D eigenvalue weighted by molar-refractivity contribution is 6.37. The second-order valence-corrected chi connectivity index (χ2v) is 4.95. The maximum absolute atomic E-state index is 5.85. The summed E-state index contributed by atoms with van der Waals surface area (Å²) in [5.41, 5.74) is 2.36. The molecule has 0 aliphatic heterocycles. The highest BCUT2D eigenvalue weighted by Gasteiger charge is 2.24. The summed E-state index contributed by atoms with van der Waals surface area (Å²) in [6, 6.07) is 6.26. The second-order valence-electron chi connectivity index (χ2n) is 4.95. The van der Waals surface area contributed by atoms with Crippen LogP contribution in [-0.2, 0) is 9.31 Å². The molecule has 0 aliphatic rings. The molecule has 0 N–H and O–H groups in total. The number of rotatable bonds is 6. The lowest BCUT2D eigenvalue weighted by Gasteiger charge is -2.21. The average molecular weight is 250 g/mol. The van der Waals surface area contributed by atoms with Gasteiger partial charge in [0.2, 0.25) is 0 Å². The number of benzene rings is 1. The first kappa shape index (κ1) is 15.1. The molecular formula is C14H23BO3. The first-order valence-corrected chi connectivity index (χ1v) is 6.36. The summed E-state index contributed by atoms with van der Waals surface area (Å²) < 4.78 is 16.1. The molecule has 0 spiro atoms. The molecule has 0 atom stereocenters. The van der Waals surface area contributed by atoms with E-state index in [1.807, 2.05) is 0 Å². The van der Waals surface area contributed by atoms with Crippen molar-refractivity contribution in [2.75, 3.05) is 14.2 Å². The summed E-state index contributed by atoms with van der Waals surface area (Å²) in [7, 11) is 2.48. The molecule has 4 heteroatoms. The largest absolute Gasteiger partial charge is 0.712 e. The fourth-order valence-corrected chi connectivity index (χ4v) is 1.91. The number of hydrogen-bond acceptors (Lipinski definition) is 3. The molecule has 3 nitrogen and oxygen atoms in total. The van der Waals surface area contributed by atoms with E-state index in [-0.39, 0.29) is 0 Å². The lowest BCUT2D eigenvalue weighted by molar-refractivity contribution is 0.200. The van der Waals surface area contributed by atoms with E-state index < -0.39 is 7.32 Å². The van der Waals surface area contributed by atoms with Gasteiger partial charge in [-0.05, 0) is 23.0 Å². The zero-order valence-corrected chi connectivity index (χ0v) is 12.2. The third-order valence-electron chi connectivity index (χ3n) is 2.92. The van der Waals surface area contributed by atoms with Gasteiger partial charge >= 0.3 is 7.32 Å². The topological polar surface area (TPSA) is 27.7 Å². The van der Waals surface area contributed by atoms with Crippen molar-refractivity contribution in [2.24, 2.45) is 0 Å². The van der Waals surface area contributed by atoms with Crippen molar-refractivity contribution in [1.29, 1.82) is 0 Å². The molecule has 0 saturated carbocycles. The van der Waals surface area contributed by atoms with E-state index in [0.29, 0.717) is 11.8 Å². The van der Waals surface area contributed by atoms with Crippen LogP contribution in [0.1, 0.15) is 50.7 Å². The molecule has 0 fully saturated rings. The van der Waals surface area contributed by atoms with Gasteiger partial charge in [-0.2, -0.15) is 0 Å². The lowest BCUT2D eigenvalue weighted by atomic mass is 9.93. The minimum absolute atomic E-state index is 0.396. The first-order chi connectivity index (χ1) is 8.51.